The Bertz CT molecular complexity index is 695. The summed E-state index contributed by atoms with van der Waals surface area (Å²) in [5, 5.41) is 14.4. The first-order chi connectivity index (χ1) is 10.2. The Balaban J connectivity index is 1.82. The molecule has 1 heterocycles. The average Bonchev–Trinajstić information content (AvgIpc) is 2.99. The van der Waals surface area contributed by atoms with E-state index in [1.807, 2.05) is 37.3 Å². The number of hydrogen-bond acceptors (Lipinski definition) is 4. The smallest absolute Gasteiger partial charge is 0.124 e. The number of aryl methyl sites for hydroxylation is 1. The van der Waals surface area contributed by atoms with Crippen molar-refractivity contribution in [3.63, 3.8) is 0 Å². The van der Waals surface area contributed by atoms with Gasteiger partial charge in [-0.15, -0.1) is 0 Å². The van der Waals surface area contributed by atoms with E-state index in [1.165, 1.54) is 0 Å². The Hall–Kier alpha value is -2.49. The summed E-state index contributed by atoms with van der Waals surface area (Å²) in [4.78, 5) is 0. The second-order valence-electron chi connectivity index (χ2n) is 5.24. The SMILES string of the molecule is COc1cccc([C@@H]2CC(c3cc(C)ccc3O)=NN2)c1. The van der Waals surface area contributed by atoms with Crippen LogP contribution in [0, 0.1) is 6.92 Å². The van der Waals surface area contributed by atoms with Gasteiger partial charge >= 0.3 is 0 Å². The summed E-state index contributed by atoms with van der Waals surface area (Å²) in [5.41, 5.74) is 7.05. The molecule has 0 aromatic heterocycles. The molecule has 2 aromatic carbocycles. The van der Waals surface area contributed by atoms with Crippen molar-refractivity contribution in [2.45, 2.75) is 19.4 Å². The lowest BCUT2D eigenvalue weighted by molar-refractivity contribution is 0.413. The summed E-state index contributed by atoms with van der Waals surface area (Å²) < 4.78 is 5.26. The fraction of sp³-hybridized carbons (Fsp3) is 0.235. The summed E-state index contributed by atoms with van der Waals surface area (Å²) >= 11 is 0. The highest BCUT2D eigenvalue weighted by Gasteiger charge is 2.23. The van der Waals surface area contributed by atoms with Gasteiger partial charge in [0.05, 0.1) is 18.9 Å². The zero-order valence-corrected chi connectivity index (χ0v) is 12.1. The molecule has 4 heteroatoms. The van der Waals surface area contributed by atoms with Crippen molar-refractivity contribution in [2.24, 2.45) is 5.10 Å². The van der Waals surface area contributed by atoms with E-state index in [0.717, 1.165) is 34.6 Å². The molecule has 0 saturated carbocycles. The Kier molecular flexibility index (Phi) is 3.52. The molecule has 2 N–H and O–H groups in total. The van der Waals surface area contributed by atoms with Crippen LogP contribution in [0.3, 0.4) is 0 Å². The largest absolute Gasteiger partial charge is 0.507 e. The van der Waals surface area contributed by atoms with Crippen LogP contribution >= 0.6 is 0 Å². The average molecular weight is 282 g/mol. The second kappa shape index (κ2) is 5.48. The number of nitrogens with one attached hydrogen (secondary N) is 1. The molecule has 1 aliphatic rings. The van der Waals surface area contributed by atoms with Crippen LogP contribution in [0.25, 0.3) is 0 Å². The Morgan fingerprint density at radius 2 is 2.10 bits per heavy atom. The third kappa shape index (κ3) is 2.70. The van der Waals surface area contributed by atoms with Crippen molar-refractivity contribution in [1.29, 1.82) is 0 Å². The number of hydrazone groups is 1. The summed E-state index contributed by atoms with van der Waals surface area (Å²) in [6.07, 6.45) is 0.740. The molecular formula is C17H18N2O2. The monoisotopic (exact) mass is 282 g/mol. The summed E-state index contributed by atoms with van der Waals surface area (Å²) in [6, 6.07) is 13.6. The number of rotatable bonds is 3. The van der Waals surface area contributed by atoms with E-state index in [4.69, 9.17) is 4.74 Å². The molecule has 1 atom stereocenters. The van der Waals surface area contributed by atoms with Crippen molar-refractivity contribution in [1.82, 2.24) is 5.43 Å². The Morgan fingerprint density at radius 1 is 1.24 bits per heavy atom. The molecular weight excluding hydrogens is 264 g/mol. The van der Waals surface area contributed by atoms with Crippen molar-refractivity contribution >= 4 is 5.71 Å². The van der Waals surface area contributed by atoms with E-state index < -0.39 is 0 Å². The number of benzene rings is 2. The summed E-state index contributed by atoms with van der Waals surface area (Å²) in [7, 11) is 1.66. The predicted octanol–water partition coefficient (Wildman–Crippen LogP) is 3.15. The van der Waals surface area contributed by atoms with Gasteiger partial charge in [-0.1, -0.05) is 23.8 Å². The van der Waals surface area contributed by atoms with Crippen molar-refractivity contribution < 1.29 is 9.84 Å². The molecule has 108 valence electrons. The molecule has 3 rings (SSSR count). The lowest BCUT2D eigenvalue weighted by Crippen LogP contribution is -2.10. The molecule has 0 radical (unpaired) electrons. The van der Waals surface area contributed by atoms with E-state index in [1.54, 1.807) is 13.2 Å². The molecule has 0 spiro atoms. The van der Waals surface area contributed by atoms with Gasteiger partial charge in [0.1, 0.15) is 11.5 Å². The normalized spacial score (nSPS) is 17.2. The van der Waals surface area contributed by atoms with Crippen LogP contribution in [-0.2, 0) is 0 Å². The topological polar surface area (TPSA) is 53.9 Å². The minimum Gasteiger partial charge on any atom is -0.507 e. The quantitative estimate of drug-likeness (QED) is 0.909. The maximum atomic E-state index is 10.0. The minimum atomic E-state index is 0.106. The van der Waals surface area contributed by atoms with Gasteiger partial charge in [0.25, 0.3) is 0 Å². The number of hydrogen-bond donors (Lipinski definition) is 2. The van der Waals surface area contributed by atoms with Crippen molar-refractivity contribution in [2.75, 3.05) is 7.11 Å². The molecule has 0 aliphatic carbocycles. The maximum Gasteiger partial charge on any atom is 0.124 e. The van der Waals surface area contributed by atoms with Gasteiger partial charge in [-0.2, -0.15) is 5.10 Å². The van der Waals surface area contributed by atoms with E-state index >= 15 is 0 Å². The van der Waals surface area contributed by atoms with Crippen LogP contribution in [0.2, 0.25) is 0 Å². The lowest BCUT2D eigenvalue weighted by atomic mass is 9.97. The van der Waals surface area contributed by atoms with Crippen molar-refractivity contribution in [3.8, 4) is 11.5 Å². The fourth-order valence-corrected chi connectivity index (χ4v) is 2.54. The molecule has 0 unspecified atom stereocenters. The number of nitrogens with zero attached hydrogens (tertiary/aromatic N) is 1. The Labute approximate surface area is 124 Å². The number of ether oxygens (including phenoxy) is 1. The van der Waals surface area contributed by atoms with Gasteiger partial charge in [0.15, 0.2) is 0 Å². The van der Waals surface area contributed by atoms with Crippen LogP contribution in [0.4, 0.5) is 0 Å². The predicted molar refractivity (Wildman–Crippen MR) is 82.9 cm³/mol. The van der Waals surface area contributed by atoms with Crippen LogP contribution in [0.1, 0.15) is 29.2 Å². The van der Waals surface area contributed by atoms with Gasteiger partial charge in [-0.3, -0.25) is 0 Å². The van der Waals surface area contributed by atoms with Gasteiger partial charge in [0, 0.05) is 12.0 Å². The highest BCUT2D eigenvalue weighted by atomic mass is 16.5. The molecule has 0 bridgehead atoms. The molecule has 0 fully saturated rings. The third-order valence-electron chi connectivity index (χ3n) is 3.71. The molecule has 2 aromatic rings. The van der Waals surface area contributed by atoms with Gasteiger partial charge in [0.2, 0.25) is 0 Å². The zero-order valence-electron chi connectivity index (χ0n) is 12.1. The van der Waals surface area contributed by atoms with E-state index in [2.05, 4.69) is 16.6 Å². The standard InChI is InChI=1S/C17H18N2O2/c1-11-6-7-17(20)14(8-11)16-10-15(18-19-16)12-4-3-5-13(9-12)21-2/h3-9,15,18,20H,10H2,1-2H3/t15-/m0/s1. The van der Waals surface area contributed by atoms with Gasteiger partial charge < -0.3 is 15.3 Å². The molecule has 1 aliphatic heterocycles. The summed E-state index contributed by atoms with van der Waals surface area (Å²) in [6.45, 7) is 2.01. The van der Waals surface area contributed by atoms with Crippen molar-refractivity contribution in [3.05, 3.63) is 59.2 Å². The van der Waals surface area contributed by atoms with E-state index in [-0.39, 0.29) is 11.8 Å². The molecule has 0 saturated heterocycles. The van der Waals surface area contributed by atoms with Crippen LogP contribution in [-0.4, -0.2) is 17.9 Å². The Morgan fingerprint density at radius 3 is 2.90 bits per heavy atom. The lowest BCUT2D eigenvalue weighted by Gasteiger charge is -2.11. The minimum absolute atomic E-state index is 0.106. The molecule has 21 heavy (non-hydrogen) atoms. The number of phenols is 1. The first kappa shape index (κ1) is 13.5. The van der Waals surface area contributed by atoms with E-state index in [9.17, 15) is 5.11 Å². The third-order valence-corrected chi connectivity index (χ3v) is 3.71. The number of aromatic hydroxyl groups is 1. The van der Waals surface area contributed by atoms with Gasteiger partial charge in [-0.05, 0) is 36.8 Å². The highest BCUT2D eigenvalue weighted by molar-refractivity contribution is 6.04. The second-order valence-corrected chi connectivity index (χ2v) is 5.24. The maximum absolute atomic E-state index is 10.0. The molecule has 4 nitrogen and oxygen atoms in total. The highest BCUT2D eigenvalue weighted by Crippen LogP contribution is 2.29. The zero-order chi connectivity index (χ0) is 14.8. The number of methoxy groups -OCH3 is 1. The van der Waals surface area contributed by atoms with Gasteiger partial charge in [-0.25, -0.2) is 0 Å². The summed E-state index contributed by atoms with van der Waals surface area (Å²) in [5.74, 6) is 1.11. The molecule has 0 amide bonds. The van der Waals surface area contributed by atoms with Crippen LogP contribution in [0.15, 0.2) is 47.6 Å². The number of phenolic OH excluding ortho intramolecular Hbond substituents is 1. The van der Waals surface area contributed by atoms with Crippen LogP contribution < -0.4 is 10.2 Å². The fourth-order valence-electron chi connectivity index (χ4n) is 2.54. The first-order valence-corrected chi connectivity index (χ1v) is 6.93. The first-order valence-electron chi connectivity index (χ1n) is 6.93. The van der Waals surface area contributed by atoms with E-state index in [0.29, 0.717) is 0 Å². The van der Waals surface area contributed by atoms with Crippen LogP contribution in [0.5, 0.6) is 11.5 Å².